The standard InChI is InChI=1S/C12H19NS/c1-9-4-3-5-12(13,7-9)11-6-10(2)14-8-11/h6,8-9H,3-5,7,13H2,1-2H3. The van der Waals surface area contributed by atoms with Crippen LogP contribution in [0.15, 0.2) is 11.4 Å². The van der Waals surface area contributed by atoms with Crippen molar-refractivity contribution in [3.63, 3.8) is 0 Å². The summed E-state index contributed by atoms with van der Waals surface area (Å²) in [7, 11) is 0. The molecule has 1 aromatic heterocycles. The minimum atomic E-state index is -0.0254. The van der Waals surface area contributed by atoms with Gasteiger partial charge in [0, 0.05) is 10.4 Å². The van der Waals surface area contributed by atoms with Crippen molar-refractivity contribution < 1.29 is 0 Å². The third-order valence-electron chi connectivity index (χ3n) is 3.34. The van der Waals surface area contributed by atoms with Gasteiger partial charge in [-0.2, -0.15) is 0 Å². The molecule has 1 saturated carbocycles. The van der Waals surface area contributed by atoms with Crippen LogP contribution in [0.5, 0.6) is 0 Å². The molecule has 0 bridgehead atoms. The number of nitrogens with two attached hydrogens (primary N) is 1. The molecule has 0 amide bonds. The Hall–Kier alpha value is -0.340. The number of rotatable bonds is 1. The predicted molar refractivity (Wildman–Crippen MR) is 62.6 cm³/mol. The Labute approximate surface area is 90.3 Å². The van der Waals surface area contributed by atoms with Gasteiger partial charge in [0.25, 0.3) is 0 Å². The molecule has 2 unspecified atom stereocenters. The summed E-state index contributed by atoms with van der Waals surface area (Å²) in [5, 5.41) is 2.24. The van der Waals surface area contributed by atoms with Gasteiger partial charge in [0.1, 0.15) is 0 Å². The Morgan fingerprint density at radius 1 is 1.57 bits per heavy atom. The lowest BCUT2D eigenvalue weighted by atomic mass is 9.74. The Kier molecular flexibility index (Phi) is 2.67. The first-order valence-corrected chi connectivity index (χ1v) is 6.33. The molecule has 14 heavy (non-hydrogen) atoms. The van der Waals surface area contributed by atoms with Crippen molar-refractivity contribution in [1.29, 1.82) is 0 Å². The molecule has 2 heteroatoms. The summed E-state index contributed by atoms with van der Waals surface area (Å²) in [4.78, 5) is 1.38. The summed E-state index contributed by atoms with van der Waals surface area (Å²) in [6.07, 6.45) is 4.95. The van der Waals surface area contributed by atoms with E-state index >= 15 is 0 Å². The van der Waals surface area contributed by atoms with E-state index in [1.54, 1.807) is 0 Å². The molecule has 0 aromatic carbocycles. The van der Waals surface area contributed by atoms with Crippen LogP contribution >= 0.6 is 11.3 Å². The van der Waals surface area contributed by atoms with E-state index in [4.69, 9.17) is 5.73 Å². The average molecular weight is 209 g/mol. The monoisotopic (exact) mass is 209 g/mol. The van der Waals surface area contributed by atoms with Crippen molar-refractivity contribution >= 4 is 11.3 Å². The highest BCUT2D eigenvalue weighted by Gasteiger charge is 2.32. The summed E-state index contributed by atoms with van der Waals surface area (Å²) in [6.45, 7) is 4.48. The maximum absolute atomic E-state index is 6.49. The van der Waals surface area contributed by atoms with Crippen molar-refractivity contribution in [2.75, 3.05) is 0 Å². The quantitative estimate of drug-likeness (QED) is 0.753. The fraction of sp³-hybridized carbons (Fsp3) is 0.667. The summed E-state index contributed by atoms with van der Waals surface area (Å²) < 4.78 is 0. The van der Waals surface area contributed by atoms with Gasteiger partial charge < -0.3 is 5.73 Å². The van der Waals surface area contributed by atoms with Crippen LogP contribution in [0, 0.1) is 12.8 Å². The largest absolute Gasteiger partial charge is 0.321 e. The molecule has 0 spiro atoms. The Balaban J connectivity index is 2.22. The fourth-order valence-corrected chi connectivity index (χ4v) is 3.37. The van der Waals surface area contributed by atoms with E-state index in [1.165, 1.54) is 23.3 Å². The lowest BCUT2D eigenvalue weighted by Gasteiger charge is -2.36. The zero-order chi connectivity index (χ0) is 10.2. The normalized spacial score (nSPS) is 33.2. The van der Waals surface area contributed by atoms with Crippen LogP contribution in [-0.2, 0) is 5.54 Å². The van der Waals surface area contributed by atoms with Crippen molar-refractivity contribution in [3.05, 3.63) is 21.9 Å². The molecule has 2 rings (SSSR count). The summed E-state index contributed by atoms with van der Waals surface area (Å²) in [6, 6.07) is 2.27. The molecule has 1 aliphatic rings. The van der Waals surface area contributed by atoms with E-state index in [-0.39, 0.29) is 5.54 Å². The van der Waals surface area contributed by atoms with E-state index < -0.39 is 0 Å². The van der Waals surface area contributed by atoms with Crippen LogP contribution in [0.1, 0.15) is 43.0 Å². The molecule has 1 aromatic rings. The number of hydrogen-bond acceptors (Lipinski definition) is 2. The molecule has 0 aliphatic heterocycles. The minimum Gasteiger partial charge on any atom is -0.321 e. The molecule has 2 atom stereocenters. The number of aryl methyl sites for hydroxylation is 1. The highest BCUT2D eigenvalue weighted by Crippen LogP contribution is 2.39. The molecule has 78 valence electrons. The van der Waals surface area contributed by atoms with Crippen molar-refractivity contribution in [3.8, 4) is 0 Å². The van der Waals surface area contributed by atoms with Crippen molar-refractivity contribution in [2.24, 2.45) is 11.7 Å². The maximum atomic E-state index is 6.49. The Morgan fingerprint density at radius 3 is 2.93 bits per heavy atom. The van der Waals surface area contributed by atoms with E-state index in [0.717, 1.165) is 18.8 Å². The lowest BCUT2D eigenvalue weighted by molar-refractivity contribution is 0.239. The summed E-state index contributed by atoms with van der Waals surface area (Å²) >= 11 is 1.82. The highest BCUT2D eigenvalue weighted by atomic mass is 32.1. The first-order chi connectivity index (χ1) is 6.60. The molecule has 1 nitrogen and oxygen atoms in total. The van der Waals surface area contributed by atoms with Gasteiger partial charge in [-0.1, -0.05) is 19.8 Å². The number of hydrogen-bond donors (Lipinski definition) is 1. The van der Waals surface area contributed by atoms with Gasteiger partial charge in [-0.25, -0.2) is 0 Å². The summed E-state index contributed by atoms with van der Waals surface area (Å²) in [5.41, 5.74) is 7.83. The highest BCUT2D eigenvalue weighted by molar-refractivity contribution is 7.10. The lowest BCUT2D eigenvalue weighted by Crippen LogP contribution is -2.40. The molecule has 1 heterocycles. The molecular formula is C12H19NS. The maximum Gasteiger partial charge on any atom is 0.0420 e. The van der Waals surface area contributed by atoms with Crippen LogP contribution < -0.4 is 5.73 Å². The van der Waals surface area contributed by atoms with Crippen LogP contribution in [-0.4, -0.2) is 0 Å². The zero-order valence-electron chi connectivity index (χ0n) is 9.05. The van der Waals surface area contributed by atoms with Crippen LogP contribution in [0.4, 0.5) is 0 Å². The van der Waals surface area contributed by atoms with E-state index in [2.05, 4.69) is 25.3 Å². The Morgan fingerprint density at radius 2 is 2.36 bits per heavy atom. The molecular weight excluding hydrogens is 190 g/mol. The first kappa shape index (κ1) is 10.2. The van der Waals surface area contributed by atoms with E-state index in [0.29, 0.717) is 0 Å². The second kappa shape index (κ2) is 3.67. The fourth-order valence-electron chi connectivity index (χ4n) is 2.56. The van der Waals surface area contributed by atoms with E-state index in [9.17, 15) is 0 Å². The average Bonchev–Trinajstić information content (AvgIpc) is 2.52. The van der Waals surface area contributed by atoms with Crippen LogP contribution in [0.2, 0.25) is 0 Å². The minimum absolute atomic E-state index is 0.0254. The Bertz CT molecular complexity index is 318. The van der Waals surface area contributed by atoms with Crippen LogP contribution in [0.3, 0.4) is 0 Å². The smallest absolute Gasteiger partial charge is 0.0420 e. The van der Waals surface area contributed by atoms with Gasteiger partial charge in [0.2, 0.25) is 0 Å². The van der Waals surface area contributed by atoms with Gasteiger partial charge in [0.05, 0.1) is 0 Å². The van der Waals surface area contributed by atoms with Crippen molar-refractivity contribution in [1.82, 2.24) is 0 Å². The summed E-state index contributed by atoms with van der Waals surface area (Å²) in [5.74, 6) is 0.786. The van der Waals surface area contributed by atoms with Gasteiger partial charge in [-0.15, -0.1) is 11.3 Å². The molecule has 1 fully saturated rings. The van der Waals surface area contributed by atoms with Gasteiger partial charge in [0.15, 0.2) is 0 Å². The second-order valence-electron chi connectivity index (χ2n) is 4.80. The van der Waals surface area contributed by atoms with E-state index in [1.807, 2.05) is 11.3 Å². The molecule has 2 N–H and O–H groups in total. The predicted octanol–water partition coefficient (Wildman–Crippen LogP) is 3.42. The molecule has 0 saturated heterocycles. The van der Waals surface area contributed by atoms with Crippen molar-refractivity contribution in [2.45, 2.75) is 45.1 Å². The SMILES string of the molecule is Cc1cc(C2(N)CCCC(C)C2)cs1. The third kappa shape index (κ3) is 1.86. The first-order valence-electron chi connectivity index (χ1n) is 5.45. The topological polar surface area (TPSA) is 26.0 Å². The van der Waals surface area contributed by atoms with Gasteiger partial charge in [-0.3, -0.25) is 0 Å². The zero-order valence-corrected chi connectivity index (χ0v) is 9.86. The number of thiophene rings is 1. The molecule has 1 aliphatic carbocycles. The third-order valence-corrected chi connectivity index (χ3v) is 4.20. The second-order valence-corrected chi connectivity index (χ2v) is 5.92. The van der Waals surface area contributed by atoms with Gasteiger partial charge >= 0.3 is 0 Å². The van der Waals surface area contributed by atoms with Gasteiger partial charge in [-0.05, 0) is 42.7 Å². The molecule has 0 radical (unpaired) electrons. The van der Waals surface area contributed by atoms with Crippen LogP contribution in [0.25, 0.3) is 0 Å².